The Hall–Kier alpha value is -2.35. The molecule has 0 bridgehead atoms. The van der Waals surface area contributed by atoms with Crippen molar-refractivity contribution in [3.8, 4) is 6.01 Å². The van der Waals surface area contributed by atoms with Crippen LogP contribution in [0.15, 0.2) is 24.5 Å². The van der Waals surface area contributed by atoms with Gasteiger partial charge in [0, 0.05) is 6.54 Å². The van der Waals surface area contributed by atoms with E-state index < -0.39 is 35.0 Å². The fraction of sp³-hybridized carbons (Fsp3) is 0.312. The molecule has 0 saturated carbocycles. The quantitative estimate of drug-likeness (QED) is 0.777. The van der Waals surface area contributed by atoms with E-state index >= 15 is 0 Å². The molecule has 1 aromatic heterocycles. The van der Waals surface area contributed by atoms with Crippen molar-refractivity contribution in [2.75, 3.05) is 13.1 Å². The number of ether oxygens (including phenoxy) is 1. The highest BCUT2D eigenvalue weighted by Gasteiger charge is 2.29. The number of hydrogen-bond acceptors (Lipinski definition) is 4. The van der Waals surface area contributed by atoms with Crippen LogP contribution in [-0.4, -0.2) is 40.0 Å². The van der Waals surface area contributed by atoms with Crippen LogP contribution in [0.25, 0.3) is 0 Å². The molecule has 3 rings (SSSR count). The summed E-state index contributed by atoms with van der Waals surface area (Å²) in [7, 11) is 0. The molecule has 1 aliphatic rings. The topological polar surface area (TPSA) is 55.3 Å². The van der Waals surface area contributed by atoms with E-state index in [4.69, 9.17) is 16.3 Å². The normalized spacial score (nSPS) is 17.4. The average molecular weight is 372 g/mol. The number of rotatable bonds is 3. The van der Waals surface area contributed by atoms with Crippen molar-refractivity contribution in [2.24, 2.45) is 0 Å². The molecule has 9 heteroatoms. The average Bonchev–Trinajstić information content (AvgIpc) is 2.61. The maximum absolute atomic E-state index is 13.8. The molecule has 2 aromatic rings. The summed E-state index contributed by atoms with van der Waals surface area (Å²) in [6.45, 7) is 0.516. The highest BCUT2D eigenvalue weighted by atomic mass is 35.5. The van der Waals surface area contributed by atoms with Gasteiger partial charge in [0.1, 0.15) is 6.10 Å². The maximum atomic E-state index is 13.8. The van der Waals surface area contributed by atoms with E-state index in [2.05, 4.69) is 9.97 Å². The van der Waals surface area contributed by atoms with Crippen molar-refractivity contribution < 1.29 is 22.7 Å². The second kappa shape index (κ2) is 7.26. The van der Waals surface area contributed by atoms with Crippen LogP contribution < -0.4 is 4.74 Å². The Kier molecular flexibility index (Phi) is 5.08. The summed E-state index contributed by atoms with van der Waals surface area (Å²) in [6.07, 6.45) is 3.62. The molecule has 0 aliphatic carbocycles. The van der Waals surface area contributed by atoms with Crippen molar-refractivity contribution in [3.05, 3.63) is 52.6 Å². The Balaban J connectivity index is 1.71. The zero-order valence-corrected chi connectivity index (χ0v) is 13.6. The van der Waals surface area contributed by atoms with E-state index in [0.717, 1.165) is 12.1 Å². The van der Waals surface area contributed by atoms with Crippen molar-refractivity contribution >= 4 is 17.5 Å². The number of carbonyl (C=O) groups is 1. The molecule has 25 heavy (non-hydrogen) atoms. The monoisotopic (exact) mass is 371 g/mol. The second-order valence-corrected chi connectivity index (χ2v) is 5.98. The number of hydrogen-bond donors (Lipinski definition) is 0. The van der Waals surface area contributed by atoms with Crippen LogP contribution in [0, 0.1) is 17.5 Å². The third kappa shape index (κ3) is 3.84. The van der Waals surface area contributed by atoms with Crippen LogP contribution in [-0.2, 0) is 0 Å². The molecule has 1 atom stereocenters. The van der Waals surface area contributed by atoms with Crippen molar-refractivity contribution in [1.29, 1.82) is 0 Å². The third-order valence-electron chi connectivity index (χ3n) is 3.80. The summed E-state index contributed by atoms with van der Waals surface area (Å²) >= 11 is 5.70. The Bertz CT molecular complexity index is 789. The first-order valence-electron chi connectivity index (χ1n) is 7.52. The molecule has 0 unspecified atom stereocenters. The predicted octanol–water partition coefficient (Wildman–Crippen LogP) is 3.23. The van der Waals surface area contributed by atoms with Crippen molar-refractivity contribution in [1.82, 2.24) is 14.9 Å². The first kappa shape index (κ1) is 17.5. The summed E-state index contributed by atoms with van der Waals surface area (Å²) in [5.74, 6) is -5.21. The lowest BCUT2D eigenvalue weighted by Gasteiger charge is -2.32. The van der Waals surface area contributed by atoms with E-state index in [-0.39, 0.29) is 12.6 Å². The summed E-state index contributed by atoms with van der Waals surface area (Å²) in [6, 6.07) is 1.77. The summed E-state index contributed by atoms with van der Waals surface area (Å²) in [5.41, 5.74) is -0.512. The fourth-order valence-corrected chi connectivity index (χ4v) is 2.69. The smallest absolute Gasteiger partial charge is 0.316 e. The molecule has 2 heterocycles. The first-order valence-corrected chi connectivity index (χ1v) is 7.90. The first-order chi connectivity index (χ1) is 12.0. The molecule has 0 spiro atoms. The number of aromatic nitrogens is 2. The molecule has 1 aromatic carbocycles. The second-order valence-electron chi connectivity index (χ2n) is 5.54. The van der Waals surface area contributed by atoms with E-state index in [1.165, 1.54) is 17.3 Å². The minimum Gasteiger partial charge on any atom is -0.458 e. The minimum absolute atomic E-state index is 0.114. The molecular weight excluding hydrogens is 359 g/mol. The number of nitrogens with zero attached hydrogens (tertiary/aromatic N) is 3. The van der Waals surface area contributed by atoms with E-state index in [9.17, 15) is 18.0 Å². The number of halogens is 4. The van der Waals surface area contributed by atoms with Crippen molar-refractivity contribution in [3.63, 3.8) is 0 Å². The van der Waals surface area contributed by atoms with Gasteiger partial charge in [0.25, 0.3) is 5.91 Å². The van der Waals surface area contributed by atoms with Crippen LogP contribution in [0.3, 0.4) is 0 Å². The Labute approximate surface area is 146 Å². The SMILES string of the molecule is O=C(c1ccc(F)c(F)c1F)N1CCC[C@H](Oc2ncc(Cl)cn2)C1. The van der Waals surface area contributed by atoms with Gasteiger partial charge in [-0.1, -0.05) is 11.6 Å². The van der Waals surface area contributed by atoms with Crippen LogP contribution in [0.2, 0.25) is 5.02 Å². The summed E-state index contributed by atoms with van der Waals surface area (Å²) in [5, 5.41) is 0.363. The van der Waals surface area contributed by atoms with Crippen molar-refractivity contribution in [2.45, 2.75) is 18.9 Å². The number of benzene rings is 1. The molecule has 1 fully saturated rings. The van der Waals surface area contributed by atoms with E-state index in [1.54, 1.807) is 0 Å². The Morgan fingerprint density at radius 1 is 1.20 bits per heavy atom. The van der Waals surface area contributed by atoms with Crippen LogP contribution >= 0.6 is 11.6 Å². The van der Waals surface area contributed by atoms with Gasteiger partial charge >= 0.3 is 6.01 Å². The van der Waals surface area contributed by atoms with E-state index in [1.807, 2.05) is 0 Å². The highest BCUT2D eigenvalue weighted by Crippen LogP contribution is 2.21. The molecule has 1 saturated heterocycles. The molecule has 1 aliphatic heterocycles. The molecule has 1 amide bonds. The summed E-state index contributed by atoms with van der Waals surface area (Å²) in [4.78, 5) is 21.6. The lowest BCUT2D eigenvalue weighted by molar-refractivity contribution is 0.0510. The molecule has 5 nitrogen and oxygen atoms in total. The van der Waals surface area contributed by atoms with Crippen LogP contribution in [0.1, 0.15) is 23.2 Å². The lowest BCUT2D eigenvalue weighted by atomic mass is 10.1. The Morgan fingerprint density at radius 2 is 1.92 bits per heavy atom. The molecule has 0 N–H and O–H groups in total. The van der Waals surface area contributed by atoms with Gasteiger partial charge in [-0.3, -0.25) is 4.79 Å². The van der Waals surface area contributed by atoms with Crippen LogP contribution in [0.5, 0.6) is 6.01 Å². The fourth-order valence-electron chi connectivity index (χ4n) is 2.59. The largest absolute Gasteiger partial charge is 0.458 e. The van der Waals surface area contributed by atoms with Gasteiger partial charge < -0.3 is 9.64 Å². The predicted molar refractivity (Wildman–Crippen MR) is 82.9 cm³/mol. The van der Waals surface area contributed by atoms with Crippen LogP contribution in [0.4, 0.5) is 13.2 Å². The number of amides is 1. The third-order valence-corrected chi connectivity index (χ3v) is 3.99. The number of carbonyl (C=O) groups excluding carboxylic acids is 1. The minimum atomic E-state index is -1.66. The molecular formula is C16H13ClF3N3O2. The Morgan fingerprint density at radius 3 is 2.64 bits per heavy atom. The summed E-state index contributed by atoms with van der Waals surface area (Å²) < 4.78 is 45.8. The van der Waals surface area contributed by atoms with Gasteiger partial charge in [-0.05, 0) is 25.0 Å². The zero-order valence-electron chi connectivity index (χ0n) is 12.9. The lowest BCUT2D eigenvalue weighted by Crippen LogP contribution is -2.44. The number of likely N-dealkylation sites (tertiary alicyclic amines) is 1. The molecule has 0 radical (unpaired) electrons. The molecule has 132 valence electrons. The highest BCUT2D eigenvalue weighted by molar-refractivity contribution is 6.30. The standard InChI is InChI=1S/C16H13ClF3N3O2/c17-9-6-21-16(22-7-9)25-10-2-1-5-23(8-10)15(24)11-3-4-12(18)14(20)13(11)19/h3-4,6-7,10H,1-2,5,8H2/t10-/m0/s1. The zero-order chi connectivity index (χ0) is 18.0. The number of piperidine rings is 1. The van der Waals surface area contributed by atoms with Gasteiger partial charge in [0.15, 0.2) is 17.5 Å². The maximum Gasteiger partial charge on any atom is 0.316 e. The van der Waals surface area contributed by atoms with Gasteiger partial charge in [0.2, 0.25) is 0 Å². The van der Waals surface area contributed by atoms with E-state index in [0.29, 0.717) is 24.4 Å². The van der Waals surface area contributed by atoms with Gasteiger partial charge in [-0.2, -0.15) is 0 Å². The van der Waals surface area contributed by atoms with Gasteiger partial charge in [-0.15, -0.1) is 0 Å². The van der Waals surface area contributed by atoms with Gasteiger partial charge in [0.05, 0.1) is 29.5 Å². The van der Waals surface area contributed by atoms with Gasteiger partial charge in [-0.25, -0.2) is 23.1 Å².